The zero-order valence-electron chi connectivity index (χ0n) is 18.3. The van der Waals surface area contributed by atoms with Gasteiger partial charge in [0.2, 0.25) is 0 Å². The number of hydrogen-bond donors (Lipinski definition) is 3. The van der Waals surface area contributed by atoms with Gasteiger partial charge in [0.1, 0.15) is 10.3 Å². The highest BCUT2D eigenvalue weighted by molar-refractivity contribution is 7.91. The highest BCUT2D eigenvalue weighted by atomic mass is 32.2. The number of ether oxygens (including phenoxy) is 1. The van der Waals surface area contributed by atoms with E-state index in [9.17, 15) is 18.0 Å². The summed E-state index contributed by atoms with van der Waals surface area (Å²) in [6.07, 6.45) is 1.88. The largest absolute Gasteiger partial charge is 0.468 e. The minimum Gasteiger partial charge on any atom is -0.468 e. The van der Waals surface area contributed by atoms with Crippen LogP contribution in [0.5, 0.6) is 0 Å². The normalized spacial score (nSPS) is 12.4. The van der Waals surface area contributed by atoms with E-state index in [4.69, 9.17) is 4.74 Å². The maximum absolute atomic E-state index is 13.0. The van der Waals surface area contributed by atoms with Crippen LogP contribution in [0, 0.1) is 0 Å². The molecule has 0 aliphatic carbocycles. The molecule has 0 aliphatic rings. The molecule has 2 heterocycles. The number of hydrogen-bond acceptors (Lipinski definition) is 6. The molecule has 10 heteroatoms. The van der Waals surface area contributed by atoms with Crippen molar-refractivity contribution >= 4 is 44.1 Å². The van der Waals surface area contributed by atoms with E-state index in [2.05, 4.69) is 15.0 Å². The van der Waals surface area contributed by atoms with Crippen molar-refractivity contribution in [3.05, 3.63) is 88.9 Å². The van der Waals surface area contributed by atoms with Crippen LogP contribution in [-0.2, 0) is 32.5 Å². The maximum Gasteiger partial charge on any atom is 0.324 e. The number of rotatable bonds is 9. The van der Waals surface area contributed by atoms with Crippen molar-refractivity contribution in [2.75, 3.05) is 7.11 Å². The van der Waals surface area contributed by atoms with E-state index >= 15 is 0 Å². The van der Waals surface area contributed by atoms with Crippen molar-refractivity contribution in [2.24, 2.45) is 0 Å². The first-order valence-corrected chi connectivity index (χ1v) is 12.7. The number of para-hydroxylation sites is 1. The second-order valence-electron chi connectivity index (χ2n) is 7.53. The summed E-state index contributed by atoms with van der Waals surface area (Å²) in [5.74, 6) is -0.929. The molecule has 0 fully saturated rings. The second kappa shape index (κ2) is 10.2. The molecule has 2 aromatic carbocycles. The molecule has 176 valence electrons. The first-order chi connectivity index (χ1) is 16.4. The summed E-state index contributed by atoms with van der Waals surface area (Å²) >= 11 is 1.03. The fourth-order valence-electron chi connectivity index (χ4n) is 3.54. The third-order valence-corrected chi connectivity index (χ3v) is 8.29. The number of fused-ring (bicyclic) bond motifs is 1. The number of sulfonamides is 1. The van der Waals surface area contributed by atoms with Crippen molar-refractivity contribution in [2.45, 2.75) is 23.2 Å². The predicted molar refractivity (Wildman–Crippen MR) is 130 cm³/mol. The first kappa shape index (κ1) is 23.7. The molecule has 0 radical (unpaired) electrons. The Morgan fingerprint density at radius 3 is 2.53 bits per heavy atom. The maximum atomic E-state index is 13.0. The monoisotopic (exact) mass is 497 g/mol. The Bertz CT molecular complexity index is 1410. The van der Waals surface area contributed by atoms with Crippen molar-refractivity contribution in [3.63, 3.8) is 0 Å². The lowest BCUT2D eigenvalue weighted by molar-refractivity contribution is -0.142. The predicted octanol–water partition coefficient (Wildman–Crippen LogP) is 3.22. The number of carbonyl (C=O) groups is 2. The van der Waals surface area contributed by atoms with Crippen LogP contribution in [0.25, 0.3) is 10.9 Å². The average molecular weight is 498 g/mol. The number of aromatic nitrogens is 1. The highest BCUT2D eigenvalue weighted by Crippen LogP contribution is 2.24. The average Bonchev–Trinajstić information content (AvgIpc) is 3.50. The van der Waals surface area contributed by atoms with Gasteiger partial charge >= 0.3 is 5.97 Å². The van der Waals surface area contributed by atoms with Gasteiger partial charge in [0.15, 0.2) is 0 Å². The summed E-state index contributed by atoms with van der Waals surface area (Å²) in [5.41, 5.74) is 2.21. The van der Waals surface area contributed by atoms with Crippen molar-refractivity contribution in [1.82, 2.24) is 15.0 Å². The van der Waals surface area contributed by atoms with Crippen molar-refractivity contribution in [3.8, 4) is 0 Å². The van der Waals surface area contributed by atoms with Crippen LogP contribution in [0.2, 0.25) is 0 Å². The third-order valence-electron chi connectivity index (χ3n) is 5.24. The van der Waals surface area contributed by atoms with Crippen LogP contribution in [0.15, 0.2) is 77.1 Å². The standard InChI is InChI=1S/C24H23N3O5S2/c1-32-24(29)21(13-17-14-25-20-10-6-5-9-19(17)20)27-34(30,31)22-12-11-18(33-22)15-26-23(28)16-7-3-2-4-8-16/h2-12,14,21,25,27H,13,15H2,1H3,(H,26,28)/t21-/m1/s1. The molecule has 3 N–H and O–H groups in total. The first-order valence-electron chi connectivity index (χ1n) is 10.4. The summed E-state index contributed by atoms with van der Waals surface area (Å²) in [6, 6.07) is 18.3. The summed E-state index contributed by atoms with van der Waals surface area (Å²) in [7, 11) is -2.78. The number of methoxy groups -OCH3 is 1. The zero-order valence-corrected chi connectivity index (χ0v) is 19.9. The third kappa shape index (κ3) is 5.36. The minimum absolute atomic E-state index is 0.0456. The Kier molecular flexibility index (Phi) is 7.11. The summed E-state index contributed by atoms with van der Waals surface area (Å²) in [5, 5.41) is 3.68. The number of thiophene rings is 1. The van der Waals surface area contributed by atoms with Crippen LogP contribution in [-0.4, -0.2) is 38.4 Å². The fourth-order valence-corrected chi connectivity index (χ4v) is 6.03. The Hall–Kier alpha value is -3.47. The molecule has 1 amide bonds. The quantitative estimate of drug-likeness (QED) is 0.307. The van der Waals surface area contributed by atoms with E-state index in [-0.39, 0.29) is 23.1 Å². The topological polar surface area (TPSA) is 117 Å². The van der Waals surface area contributed by atoms with Crippen LogP contribution in [0.4, 0.5) is 0 Å². The van der Waals surface area contributed by atoms with E-state index < -0.39 is 22.0 Å². The van der Waals surface area contributed by atoms with E-state index in [0.29, 0.717) is 10.4 Å². The lowest BCUT2D eigenvalue weighted by atomic mass is 10.1. The molecule has 8 nitrogen and oxygen atoms in total. The SMILES string of the molecule is COC(=O)[C@@H](Cc1c[nH]c2ccccc12)NS(=O)(=O)c1ccc(CNC(=O)c2ccccc2)s1. The molecule has 4 rings (SSSR count). The Balaban J connectivity index is 1.46. The number of benzene rings is 2. The van der Waals surface area contributed by atoms with Gasteiger partial charge in [-0.05, 0) is 35.9 Å². The number of esters is 1. The fraction of sp³-hybridized carbons (Fsp3) is 0.167. The highest BCUT2D eigenvalue weighted by Gasteiger charge is 2.28. The molecular weight excluding hydrogens is 474 g/mol. The van der Waals surface area contributed by atoms with Gasteiger partial charge in [-0.15, -0.1) is 11.3 Å². The Morgan fingerprint density at radius 1 is 1.03 bits per heavy atom. The number of aromatic amines is 1. The summed E-state index contributed by atoms with van der Waals surface area (Å²) in [6.45, 7) is 0.184. The number of amides is 1. The molecule has 0 saturated carbocycles. The van der Waals surface area contributed by atoms with Crippen LogP contribution >= 0.6 is 11.3 Å². The van der Waals surface area contributed by atoms with Gasteiger partial charge in [0, 0.05) is 34.0 Å². The molecule has 34 heavy (non-hydrogen) atoms. The van der Waals surface area contributed by atoms with Gasteiger partial charge in [-0.3, -0.25) is 9.59 Å². The van der Waals surface area contributed by atoms with Gasteiger partial charge in [-0.25, -0.2) is 8.42 Å². The minimum atomic E-state index is -4.00. The molecule has 0 saturated heterocycles. The lowest BCUT2D eigenvalue weighted by Gasteiger charge is -2.16. The molecular formula is C24H23N3O5S2. The van der Waals surface area contributed by atoms with Gasteiger partial charge in [0.25, 0.3) is 15.9 Å². The van der Waals surface area contributed by atoms with Crippen molar-refractivity contribution in [1.29, 1.82) is 0 Å². The van der Waals surface area contributed by atoms with Gasteiger partial charge < -0.3 is 15.0 Å². The molecule has 4 aromatic rings. The summed E-state index contributed by atoms with van der Waals surface area (Å²) in [4.78, 5) is 28.4. The van der Waals surface area contributed by atoms with E-state index in [1.165, 1.54) is 13.2 Å². The van der Waals surface area contributed by atoms with Gasteiger partial charge in [-0.1, -0.05) is 36.4 Å². The van der Waals surface area contributed by atoms with Crippen LogP contribution in [0.3, 0.4) is 0 Å². The molecule has 2 aromatic heterocycles. The van der Waals surface area contributed by atoms with Crippen LogP contribution < -0.4 is 10.0 Å². The number of nitrogens with one attached hydrogen (secondary N) is 3. The van der Waals surface area contributed by atoms with Gasteiger partial charge in [0.05, 0.1) is 13.7 Å². The second-order valence-corrected chi connectivity index (χ2v) is 10.6. The lowest BCUT2D eigenvalue weighted by Crippen LogP contribution is -2.42. The number of carbonyl (C=O) groups excluding carboxylic acids is 2. The van der Waals surface area contributed by atoms with Gasteiger partial charge in [-0.2, -0.15) is 4.72 Å². The zero-order chi connectivity index (χ0) is 24.1. The molecule has 0 unspecified atom stereocenters. The Labute approximate surface area is 201 Å². The summed E-state index contributed by atoms with van der Waals surface area (Å²) < 4.78 is 33.4. The number of H-pyrrole nitrogens is 1. The molecule has 0 spiro atoms. The van der Waals surface area contributed by atoms with Crippen molar-refractivity contribution < 1.29 is 22.7 Å². The molecule has 1 atom stereocenters. The molecule has 0 bridgehead atoms. The van der Waals surface area contributed by atoms with Crippen LogP contribution in [0.1, 0.15) is 20.8 Å². The molecule has 0 aliphatic heterocycles. The van der Waals surface area contributed by atoms with E-state index in [1.807, 2.05) is 30.3 Å². The smallest absolute Gasteiger partial charge is 0.324 e. The van der Waals surface area contributed by atoms with E-state index in [1.54, 1.807) is 36.5 Å². The Morgan fingerprint density at radius 2 is 1.76 bits per heavy atom. The van der Waals surface area contributed by atoms with E-state index in [0.717, 1.165) is 27.8 Å².